The van der Waals surface area contributed by atoms with Crippen LogP contribution in [-0.2, 0) is 0 Å². The summed E-state index contributed by atoms with van der Waals surface area (Å²) < 4.78 is 0. The summed E-state index contributed by atoms with van der Waals surface area (Å²) in [5, 5.41) is 0. The van der Waals surface area contributed by atoms with Crippen LogP contribution in [-0.4, -0.2) is 5.78 Å². The van der Waals surface area contributed by atoms with Crippen molar-refractivity contribution in [1.82, 2.24) is 0 Å². The van der Waals surface area contributed by atoms with E-state index in [1.807, 2.05) is 54.6 Å². The molecule has 0 aliphatic rings. The number of ketones is 1. The third-order valence-electron chi connectivity index (χ3n) is 3.30. The average molecular weight is 253 g/mol. The monoisotopic (exact) mass is 253 g/mol. The number of nitrogens with two attached hydrogens (primary N) is 1. The number of benzene rings is 2. The molecule has 2 aromatic carbocycles. The molecule has 0 heterocycles. The van der Waals surface area contributed by atoms with Gasteiger partial charge in [-0.3, -0.25) is 4.79 Å². The zero-order valence-electron chi connectivity index (χ0n) is 11.3. The number of hydrogen-bond acceptors (Lipinski definition) is 2. The van der Waals surface area contributed by atoms with E-state index in [0.717, 1.165) is 5.56 Å². The molecule has 0 aliphatic carbocycles. The van der Waals surface area contributed by atoms with Gasteiger partial charge in [-0.05, 0) is 17.0 Å². The zero-order valence-corrected chi connectivity index (χ0v) is 11.3. The van der Waals surface area contributed by atoms with Crippen LogP contribution in [0.1, 0.15) is 47.3 Å². The second-order valence-corrected chi connectivity index (χ2v) is 5.03. The van der Waals surface area contributed by atoms with Crippen LogP contribution >= 0.6 is 0 Å². The molecular formula is C17H19NO. The molecule has 1 unspecified atom stereocenters. The molecule has 2 rings (SSSR count). The average Bonchev–Trinajstić information content (AvgIpc) is 2.46. The topological polar surface area (TPSA) is 43.1 Å². The Hall–Kier alpha value is -1.93. The molecule has 0 spiro atoms. The first-order chi connectivity index (χ1) is 9.09. The molecular weight excluding hydrogens is 234 g/mol. The van der Waals surface area contributed by atoms with Crippen LogP contribution in [0.2, 0.25) is 0 Å². The molecule has 0 saturated carbocycles. The lowest BCUT2D eigenvalue weighted by atomic mass is 9.95. The first-order valence-corrected chi connectivity index (χ1v) is 6.54. The van der Waals surface area contributed by atoms with E-state index >= 15 is 0 Å². The Morgan fingerprint density at radius 3 is 2.00 bits per heavy atom. The van der Waals surface area contributed by atoms with Crippen molar-refractivity contribution in [1.29, 1.82) is 0 Å². The smallest absolute Gasteiger partial charge is 0.184 e. The second-order valence-electron chi connectivity index (χ2n) is 5.03. The van der Waals surface area contributed by atoms with Gasteiger partial charge < -0.3 is 5.73 Å². The quantitative estimate of drug-likeness (QED) is 0.844. The number of rotatable bonds is 4. The normalized spacial score (nSPS) is 12.4. The Morgan fingerprint density at radius 1 is 0.895 bits per heavy atom. The van der Waals surface area contributed by atoms with Crippen molar-refractivity contribution in [3.63, 3.8) is 0 Å². The van der Waals surface area contributed by atoms with Crippen LogP contribution in [0.4, 0.5) is 0 Å². The predicted molar refractivity (Wildman–Crippen MR) is 78.2 cm³/mol. The fourth-order valence-electron chi connectivity index (χ4n) is 2.02. The van der Waals surface area contributed by atoms with E-state index in [1.54, 1.807) is 0 Å². The lowest BCUT2D eigenvalue weighted by Crippen LogP contribution is -2.21. The highest BCUT2D eigenvalue weighted by Gasteiger charge is 2.17. The highest BCUT2D eigenvalue weighted by atomic mass is 16.1. The molecule has 0 saturated heterocycles. The Labute approximate surface area is 114 Å². The lowest BCUT2D eigenvalue weighted by Gasteiger charge is -2.12. The van der Waals surface area contributed by atoms with Gasteiger partial charge >= 0.3 is 0 Å². The molecule has 2 heteroatoms. The molecule has 0 radical (unpaired) electrons. The van der Waals surface area contributed by atoms with Crippen LogP contribution in [0, 0.1) is 0 Å². The maximum atomic E-state index is 12.3. The molecule has 19 heavy (non-hydrogen) atoms. The first-order valence-electron chi connectivity index (χ1n) is 6.54. The van der Waals surface area contributed by atoms with Gasteiger partial charge in [-0.2, -0.15) is 0 Å². The standard InChI is InChI=1S/C17H19NO/c1-12(2)13-8-10-15(11-9-13)17(19)16(18)14-6-4-3-5-7-14/h3-12,16H,18H2,1-2H3. The fourth-order valence-corrected chi connectivity index (χ4v) is 2.02. The van der Waals surface area contributed by atoms with Crippen LogP contribution < -0.4 is 5.73 Å². The molecule has 2 N–H and O–H groups in total. The van der Waals surface area contributed by atoms with E-state index in [-0.39, 0.29) is 5.78 Å². The van der Waals surface area contributed by atoms with E-state index in [2.05, 4.69) is 13.8 Å². The van der Waals surface area contributed by atoms with E-state index in [4.69, 9.17) is 5.73 Å². The molecule has 0 aromatic heterocycles. The number of hydrogen-bond donors (Lipinski definition) is 1. The minimum Gasteiger partial charge on any atom is -0.318 e. The molecule has 0 fully saturated rings. The van der Waals surface area contributed by atoms with E-state index in [9.17, 15) is 4.79 Å². The molecule has 2 aromatic rings. The predicted octanol–water partition coefficient (Wildman–Crippen LogP) is 3.69. The molecule has 98 valence electrons. The van der Waals surface area contributed by atoms with Gasteiger partial charge in [0.25, 0.3) is 0 Å². The summed E-state index contributed by atoms with van der Waals surface area (Å²) in [4.78, 5) is 12.3. The van der Waals surface area contributed by atoms with Crippen molar-refractivity contribution in [2.24, 2.45) is 5.73 Å². The third kappa shape index (κ3) is 3.09. The highest BCUT2D eigenvalue weighted by Crippen LogP contribution is 2.19. The fraction of sp³-hybridized carbons (Fsp3) is 0.235. The zero-order chi connectivity index (χ0) is 13.8. The maximum absolute atomic E-state index is 12.3. The second kappa shape index (κ2) is 5.81. The minimum absolute atomic E-state index is 0.0403. The van der Waals surface area contributed by atoms with Gasteiger partial charge in [-0.25, -0.2) is 0 Å². The van der Waals surface area contributed by atoms with Crippen LogP contribution in [0.15, 0.2) is 54.6 Å². The summed E-state index contributed by atoms with van der Waals surface area (Å²) in [5.41, 5.74) is 8.76. The first kappa shape index (κ1) is 13.5. The molecule has 0 aliphatic heterocycles. The maximum Gasteiger partial charge on any atom is 0.184 e. The minimum atomic E-state index is -0.592. The van der Waals surface area contributed by atoms with Gasteiger partial charge in [0.1, 0.15) is 0 Å². The van der Waals surface area contributed by atoms with Crippen LogP contribution in [0.3, 0.4) is 0 Å². The van der Waals surface area contributed by atoms with Crippen molar-refractivity contribution < 1.29 is 4.79 Å². The van der Waals surface area contributed by atoms with Gasteiger partial charge in [0.2, 0.25) is 0 Å². The van der Waals surface area contributed by atoms with Crippen molar-refractivity contribution in [3.05, 3.63) is 71.3 Å². The van der Waals surface area contributed by atoms with Gasteiger partial charge in [-0.1, -0.05) is 68.4 Å². The summed E-state index contributed by atoms with van der Waals surface area (Å²) in [7, 11) is 0. The Kier molecular flexibility index (Phi) is 4.13. The SMILES string of the molecule is CC(C)c1ccc(C(=O)C(N)c2ccccc2)cc1. The highest BCUT2D eigenvalue weighted by molar-refractivity contribution is 6.00. The number of carbonyl (C=O) groups excluding carboxylic acids is 1. The molecule has 2 nitrogen and oxygen atoms in total. The summed E-state index contributed by atoms with van der Waals surface area (Å²) in [5.74, 6) is 0.424. The van der Waals surface area contributed by atoms with Gasteiger partial charge in [-0.15, -0.1) is 0 Å². The lowest BCUT2D eigenvalue weighted by molar-refractivity contribution is 0.0961. The van der Waals surface area contributed by atoms with Crippen molar-refractivity contribution in [3.8, 4) is 0 Å². The molecule has 0 bridgehead atoms. The summed E-state index contributed by atoms with van der Waals surface area (Å²) >= 11 is 0. The van der Waals surface area contributed by atoms with Gasteiger partial charge in [0.15, 0.2) is 5.78 Å². The van der Waals surface area contributed by atoms with Crippen molar-refractivity contribution in [2.45, 2.75) is 25.8 Å². The summed E-state index contributed by atoms with van der Waals surface area (Å²) in [6.07, 6.45) is 0. The van der Waals surface area contributed by atoms with Crippen LogP contribution in [0.25, 0.3) is 0 Å². The summed E-state index contributed by atoms with van der Waals surface area (Å²) in [6, 6.07) is 16.6. The van der Waals surface area contributed by atoms with Crippen molar-refractivity contribution >= 4 is 5.78 Å². The molecule has 1 atom stereocenters. The Bertz CT molecular complexity index is 543. The number of Topliss-reactive ketones (excluding diaryl/α,β-unsaturated/α-hetero) is 1. The van der Waals surface area contributed by atoms with Crippen molar-refractivity contribution in [2.75, 3.05) is 0 Å². The largest absolute Gasteiger partial charge is 0.318 e. The van der Waals surface area contributed by atoms with Crippen LogP contribution in [0.5, 0.6) is 0 Å². The molecule has 0 amide bonds. The number of carbonyl (C=O) groups is 1. The van der Waals surface area contributed by atoms with E-state index in [1.165, 1.54) is 5.56 Å². The third-order valence-corrected chi connectivity index (χ3v) is 3.30. The Balaban J connectivity index is 2.20. The van der Waals surface area contributed by atoms with E-state index in [0.29, 0.717) is 11.5 Å². The summed E-state index contributed by atoms with van der Waals surface area (Å²) in [6.45, 7) is 4.26. The Morgan fingerprint density at radius 2 is 1.47 bits per heavy atom. The van der Waals surface area contributed by atoms with Gasteiger partial charge in [0, 0.05) is 5.56 Å². The van der Waals surface area contributed by atoms with Gasteiger partial charge in [0.05, 0.1) is 6.04 Å². The van der Waals surface area contributed by atoms with E-state index < -0.39 is 6.04 Å².